The van der Waals surface area contributed by atoms with Crippen LogP contribution >= 0.6 is 0 Å². The van der Waals surface area contributed by atoms with E-state index < -0.39 is 0 Å². The highest BCUT2D eigenvalue weighted by Crippen LogP contribution is 2.31. The van der Waals surface area contributed by atoms with Gasteiger partial charge in [-0.25, -0.2) is 9.97 Å². The maximum absolute atomic E-state index is 13.0. The first kappa shape index (κ1) is 22.1. The summed E-state index contributed by atoms with van der Waals surface area (Å²) in [4.78, 5) is 27.2. The lowest BCUT2D eigenvalue weighted by atomic mass is 9.79. The van der Waals surface area contributed by atoms with E-state index in [4.69, 9.17) is 4.98 Å². The molecule has 1 aromatic carbocycles. The van der Waals surface area contributed by atoms with Crippen LogP contribution in [0.25, 0.3) is 22.2 Å². The number of hydrogen-bond acceptors (Lipinski definition) is 7. The van der Waals surface area contributed by atoms with Crippen molar-refractivity contribution in [2.24, 2.45) is 18.9 Å². The summed E-state index contributed by atoms with van der Waals surface area (Å²) < 4.78 is 1.68. The van der Waals surface area contributed by atoms with E-state index in [9.17, 15) is 4.79 Å². The molecule has 1 saturated heterocycles. The lowest BCUT2D eigenvalue weighted by Gasteiger charge is -2.36. The summed E-state index contributed by atoms with van der Waals surface area (Å²) in [6, 6.07) is 5.99. The van der Waals surface area contributed by atoms with E-state index in [0.29, 0.717) is 12.2 Å². The zero-order valence-corrected chi connectivity index (χ0v) is 19.7. The van der Waals surface area contributed by atoms with Crippen LogP contribution in [0.3, 0.4) is 0 Å². The molecule has 174 valence electrons. The van der Waals surface area contributed by atoms with Crippen molar-refractivity contribution in [2.45, 2.75) is 32.1 Å². The van der Waals surface area contributed by atoms with E-state index in [1.807, 2.05) is 37.6 Å². The Morgan fingerprint density at radius 3 is 2.58 bits per heavy atom. The van der Waals surface area contributed by atoms with Crippen LogP contribution in [0, 0.1) is 11.8 Å². The third-order valence-corrected chi connectivity index (χ3v) is 7.28. The number of hydrogen-bond donors (Lipinski definition) is 0. The van der Waals surface area contributed by atoms with Gasteiger partial charge < -0.3 is 9.80 Å². The first-order chi connectivity index (χ1) is 16.0. The molecule has 0 atom stereocenters. The average Bonchev–Trinajstić information content (AvgIpc) is 3.27. The fourth-order valence-corrected chi connectivity index (χ4v) is 5.15. The maximum atomic E-state index is 13.0. The number of Topliss-reactive ketones (excluding diaryl/α,β-unsaturated/α-hetero) is 1. The summed E-state index contributed by atoms with van der Waals surface area (Å²) in [6.07, 6.45) is 8.33. The Labute approximate surface area is 195 Å². The maximum Gasteiger partial charge on any atom is 0.143 e. The predicted molar refractivity (Wildman–Crippen MR) is 128 cm³/mol. The number of aromatic nitrogens is 5. The molecule has 0 amide bonds. The third-order valence-electron chi connectivity index (χ3n) is 7.28. The number of likely N-dealkylation sites (N-methyl/N-ethyl adjacent to an activating group) is 1. The summed E-state index contributed by atoms with van der Waals surface area (Å²) in [5.74, 6) is 1.79. The summed E-state index contributed by atoms with van der Waals surface area (Å²) in [7, 11) is 4.05. The minimum absolute atomic E-state index is 0.152. The van der Waals surface area contributed by atoms with Gasteiger partial charge in [-0.15, -0.1) is 5.10 Å². The van der Waals surface area contributed by atoms with Crippen molar-refractivity contribution in [3.05, 3.63) is 36.4 Å². The largest absolute Gasteiger partial charge is 0.304 e. The van der Waals surface area contributed by atoms with Gasteiger partial charge in [-0.05, 0) is 44.7 Å². The van der Waals surface area contributed by atoms with Gasteiger partial charge >= 0.3 is 0 Å². The van der Waals surface area contributed by atoms with Crippen molar-refractivity contribution < 1.29 is 4.79 Å². The van der Waals surface area contributed by atoms with Crippen LogP contribution in [0.4, 0.5) is 0 Å². The van der Waals surface area contributed by atoms with Gasteiger partial charge in [0, 0.05) is 62.8 Å². The van der Waals surface area contributed by atoms with E-state index in [0.717, 1.165) is 53.8 Å². The van der Waals surface area contributed by atoms with E-state index in [1.165, 1.54) is 32.7 Å². The fourth-order valence-electron chi connectivity index (χ4n) is 5.15. The number of benzene rings is 1. The van der Waals surface area contributed by atoms with Crippen LogP contribution in [0.2, 0.25) is 0 Å². The minimum Gasteiger partial charge on any atom is -0.304 e. The number of carbonyl (C=O) groups excluding carboxylic acids is 1. The Bertz CT molecular complexity index is 1110. The molecule has 0 spiro atoms. The molecule has 3 heterocycles. The minimum atomic E-state index is 0.152. The van der Waals surface area contributed by atoms with Gasteiger partial charge in [-0.1, -0.05) is 17.3 Å². The molecule has 2 fully saturated rings. The highest BCUT2D eigenvalue weighted by atomic mass is 16.1. The Kier molecular flexibility index (Phi) is 6.46. The van der Waals surface area contributed by atoms with Crippen LogP contribution < -0.4 is 0 Å². The van der Waals surface area contributed by atoms with Crippen LogP contribution in [0.15, 0.2) is 30.6 Å². The van der Waals surface area contributed by atoms with Gasteiger partial charge in [-0.2, -0.15) is 0 Å². The molecule has 3 aromatic rings. The molecule has 0 bridgehead atoms. The van der Waals surface area contributed by atoms with Crippen molar-refractivity contribution in [3.63, 3.8) is 0 Å². The Morgan fingerprint density at radius 1 is 1.06 bits per heavy atom. The van der Waals surface area contributed by atoms with Crippen LogP contribution in [0.1, 0.15) is 31.5 Å². The zero-order valence-electron chi connectivity index (χ0n) is 19.7. The molecule has 1 aliphatic heterocycles. The molecular formula is C25H33N7O. The highest BCUT2D eigenvalue weighted by molar-refractivity contribution is 5.85. The standard InChI is InChI=1S/C25H33N7O/c1-30-9-11-32(12-10-30)16-18-3-5-19(6-4-18)24(33)14-25-26-15-21-8-7-20(13-22(21)27-25)23-17-31(2)29-28-23/h7-8,13,15,17-19H,3-6,9-12,14,16H2,1-2H3. The summed E-state index contributed by atoms with van der Waals surface area (Å²) in [5, 5.41) is 9.15. The molecule has 1 saturated carbocycles. The number of fused-ring (bicyclic) bond motifs is 1. The summed E-state index contributed by atoms with van der Waals surface area (Å²) in [6.45, 7) is 5.87. The van der Waals surface area contributed by atoms with Gasteiger partial charge in [0.1, 0.15) is 17.3 Å². The fraction of sp³-hybridized carbons (Fsp3) is 0.560. The van der Waals surface area contributed by atoms with Gasteiger partial charge in [0.2, 0.25) is 0 Å². The molecule has 8 nitrogen and oxygen atoms in total. The average molecular weight is 448 g/mol. The van der Waals surface area contributed by atoms with E-state index >= 15 is 0 Å². The molecule has 2 aromatic heterocycles. The normalized spacial score (nSPS) is 22.6. The topological polar surface area (TPSA) is 80.0 Å². The third kappa shape index (κ3) is 5.28. The molecular weight excluding hydrogens is 414 g/mol. The quantitative estimate of drug-likeness (QED) is 0.575. The smallest absolute Gasteiger partial charge is 0.143 e. The molecule has 0 N–H and O–H groups in total. The van der Waals surface area contributed by atoms with E-state index in [1.54, 1.807) is 4.68 Å². The number of carbonyl (C=O) groups is 1. The van der Waals surface area contributed by atoms with Crippen LogP contribution in [-0.4, -0.2) is 80.3 Å². The highest BCUT2D eigenvalue weighted by Gasteiger charge is 2.28. The second kappa shape index (κ2) is 9.65. The van der Waals surface area contributed by atoms with Gasteiger partial charge in [0.15, 0.2) is 0 Å². The number of piperazine rings is 1. The number of nitrogens with zero attached hydrogens (tertiary/aromatic N) is 7. The van der Waals surface area contributed by atoms with Crippen molar-refractivity contribution in [1.82, 2.24) is 34.8 Å². The van der Waals surface area contributed by atoms with Crippen LogP contribution in [0.5, 0.6) is 0 Å². The Morgan fingerprint density at radius 2 is 1.85 bits per heavy atom. The SMILES string of the molecule is CN1CCN(CC2CCC(C(=O)Cc3ncc4ccc(-c5cn(C)nn5)cc4n3)CC2)CC1. The molecule has 33 heavy (non-hydrogen) atoms. The lowest BCUT2D eigenvalue weighted by Crippen LogP contribution is -2.46. The second-order valence-corrected chi connectivity index (χ2v) is 9.80. The molecule has 0 radical (unpaired) electrons. The number of ketones is 1. The van der Waals surface area contributed by atoms with Crippen molar-refractivity contribution >= 4 is 16.7 Å². The Balaban J connectivity index is 1.18. The molecule has 8 heteroatoms. The first-order valence-corrected chi connectivity index (χ1v) is 12.1. The molecule has 0 unspecified atom stereocenters. The molecule has 1 aliphatic carbocycles. The summed E-state index contributed by atoms with van der Waals surface area (Å²) in [5.41, 5.74) is 2.61. The second-order valence-electron chi connectivity index (χ2n) is 9.80. The van der Waals surface area contributed by atoms with E-state index in [-0.39, 0.29) is 11.7 Å². The monoisotopic (exact) mass is 447 g/mol. The molecule has 2 aliphatic rings. The first-order valence-electron chi connectivity index (χ1n) is 12.1. The van der Waals surface area contributed by atoms with Crippen molar-refractivity contribution in [1.29, 1.82) is 0 Å². The van der Waals surface area contributed by atoms with Gasteiger partial charge in [0.25, 0.3) is 0 Å². The lowest BCUT2D eigenvalue weighted by molar-refractivity contribution is -0.123. The van der Waals surface area contributed by atoms with Crippen molar-refractivity contribution in [3.8, 4) is 11.3 Å². The number of rotatable bonds is 6. The predicted octanol–water partition coefficient (Wildman–Crippen LogP) is 2.59. The molecule has 5 rings (SSSR count). The van der Waals surface area contributed by atoms with Crippen LogP contribution in [-0.2, 0) is 18.3 Å². The Hall–Kier alpha value is -2.71. The summed E-state index contributed by atoms with van der Waals surface area (Å²) >= 11 is 0. The number of aryl methyl sites for hydroxylation is 1. The van der Waals surface area contributed by atoms with Gasteiger partial charge in [-0.3, -0.25) is 9.48 Å². The van der Waals surface area contributed by atoms with Crippen molar-refractivity contribution in [2.75, 3.05) is 39.8 Å². The zero-order chi connectivity index (χ0) is 22.8. The van der Waals surface area contributed by atoms with E-state index in [2.05, 4.69) is 32.1 Å². The van der Waals surface area contributed by atoms with Gasteiger partial charge in [0.05, 0.1) is 18.1 Å².